The van der Waals surface area contributed by atoms with E-state index in [-0.39, 0.29) is 5.97 Å². The van der Waals surface area contributed by atoms with E-state index >= 15 is 0 Å². The third-order valence-electron chi connectivity index (χ3n) is 2.65. The molecule has 1 aliphatic carbocycles. The van der Waals surface area contributed by atoms with Crippen LogP contribution in [0.2, 0.25) is 0 Å². The Morgan fingerprint density at radius 3 is 2.40 bits per heavy atom. The van der Waals surface area contributed by atoms with Crippen LogP contribution in [-0.2, 0) is 14.3 Å². The number of rotatable bonds is 4. The highest BCUT2D eigenvalue weighted by Crippen LogP contribution is 2.33. The highest BCUT2D eigenvalue weighted by atomic mass is 16.7. The lowest BCUT2D eigenvalue weighted by Gasteiger charge is -2.36. The molecule has 0 aromatic heterocycles. The molecule has 0 radical (unpaired) electrons. The number of hydrogen-bond donors (Lipinski definition) is 0. The van der Waals surface area contributed by atoms with E-state index in [2.05, 4.69) is 6.58 Å². The minimum atomic E-state index is -0.678. The molecule has 0 heterocycles. The second-order valence-corrected chi connectivity index (χ2v) is 4.07. The molecule has 3 heteroatoms. The van der Waals surface area contributed by atoms with Crippen LogP contribution in [0.25, 0.3) is 0 Å². The van der Waals surface area contributed by atoms with Crippen molar-refractivity contribution in [1.82, 2.24) is 0 Å². The molecular weight excluding hydrogens is 192 g/mol. The molecule has 1 aliphatic rings. The fourth-order valence-electron chi connectivity index (χ4n) is 1.89. The van der Waals surface area contributed by atoms with Crippen molar-refractivity contribution in [1.29, 1.82) is 0 Å². The van der Waals surface area contributed by atoms with Crippen molar-refractivity contribution in [2.45, 2.75) is 51.7 Å². The molecule has 1 fully saturated rings. The number of hydrogen-bond acceptors (Lipinski definition) is 3. The van der Waals surface area contributed by atoms with E-state index in [1.807, 2.05) is 6.92 Å². The first-order valence-corrected chi connectivity index (χ1v) is 5.62. The van der Waals surface area contributed by atoms with Gasteiger partial charge in [-0.3, -0.25) is 0 Å². The average molecular weight is 212 g/mol. The van der Waals surface area contributed by atoms with Gasteiger partial charge in [0, 0.05) is 25.0 Å². The van der Waals surface area contributed by atoms with Crippen molar-refractivity contribution in [3.8, 4) is 0 Å². The normalized spacial score (nSPS) is 19.6. The van der Waals surface area contributed by atoms with Gasteiger partial charge in [-0.1, -0.05) is 13.0 Å². The molecule has 0 unspecified atom stereocenters. The van der Waals surface area contributed by atoms with Crippen LogP contribution >= 0.6 is 0 Å². The van der Waals surface area contributed by atoms with Crippen LogP contribution in [0.3, 0.4) is 0 Å². The molecule has 0 atom stereocenters. The summed E-state index contributed by atoms with van der Waals surface area (Å²) in [6.07, 6.45) is 4.92. The molecule has 86 valence electrons. The molecule has 1 rings (SSSR count). The van der Waals surface area contributed by atoms with Crippen LogP contribution in [-0.4, -0.2) is 18.4 Å². The lowest BCUT2D eigenvalue weighted by molar-refractivity contribution is -0.239. The summed E-state index contributed by atoms with van der Waals surface area (Å²) >= 11 is 0. The van der Waals surface area contributed by atoms with Gasteiger partial charge < -0.3 is 9.47 Å². The van der Waals surface area contributed by atoms with Crippen molar-refractivity contribution in [3.63, 3.8) is 0 Å². The highest BCUT2D eigenvalue weighted by Gasteiger charge is 2.36. The van der Waals surface area contributed by atoms with Crippen LogP contribution < -0.4 is 0 Å². The Kier molecular flexibility index (Phi) is 4.33. The van der Waals surface area contributed by atoms with Gasteiger partial charge in [0.25, 0.3) is 0 Å². The predicted molar refractivity (Wildman–Crippen MR) is 58.3 cm³/mol. The summed E-state index contributed by atoms with van der Waals surface area (Å²) in [4.78, 5) is 11.5. The lowest BCUT2D eigenvalue weighted by atomic mass is 9.94. The number of carbonyl (C=O) groups excluding carboxylic acids is 1. The molecule has 0 saturated heterocycles. The van der Waals surface area contributed by atoms with Gasteiger partial charge in [-0.05, 0) is 26.7 Å². The largest absolute Gasteiger partial charge is 0.430 e. The van der Waals surface area contributed by atoms with Gasteiger partial charge >= 0.3 is 5.97 Å². The van der Waals surface area contributed by atoms with E-state index in [9.17, 15) is 4.79 Å². The molecule has 0 amide bonds. The summed E-state index contributed by atoms with van der Waals surface area (Å²) < 4.78 is 11.0. The zero-order valence-electron chi connectivity index (χ0n) is 9.67. The van der Waals surface area contributed by atoms with Gasteiger partial charge in [0.05, 0.1) is 0 Å². The molecule has 0 N–H and O–H groups in total. The Labute approximate surface area is 91.4 Å². The van der Waals surface area contributed by atoms with Crippen molar-refractivity contribution in [2.75, 3.05) is 6.61 Å². The summed E-state index contributed by atoms with van der Waals surface area (Å²) in [7, 11) is 0. The summed E-state index contributed by atoms with van der Waals surface area (Å²) in [6, 6.07) is 0. The van der Waals surface area contributed by atoms with Crippen LogP contribution in [0.15, 0.2) is 12.2 Å². The fraction of sp³-hybridized carbons (Fsp3) is 0.750. The van der Waals surface area contributed by atoms with Crippen LogP contribution in [0.5, 0.6) is 0 Å². The first-order valence-electron chi connectivity index (χ1n) is 5.62. The van der Waals surface area contributed by atoms with Crippen LogP contribution in [0, 0.1) is 0 Å². The van der Waals surface area contributed by atoms with E-state index < -0.39 is 5.79 Å². The van der Waals surface area contributed by atoms with Crippen LogP contribution in [0.1, 0.15) is 46.0 Å². The van der Waals surface area contributed by atoms with Gasteiger partial charge in [0.15, 0.2) is 0 Å². The Balaban J connectivity index is 2.63. The van der Waals surface area contributed by atoms with Crippen molar-refractivity contribution >= 4 is 5.97 Å². The molecule has 0 aromatic rings. The maximum atomic E-state index is 11.5. The zero-order valence-corrected chi connectivity index (χ0v) is 9.67. The van der Waals surface area contributed by atoms with Gasteiger partial charge in [0.1, 0.15) is 0 Å². The minimum Gasteiger partial charge on any atom is -0.430 e. The maximum Gasteiger partial charge on any atom is 0.335 e. The zero-order chi connectivity index (χ0) is 11.3. The van der Waals surface area contributed by atoms with E-state index in [0.29, 0.717) is 12.2 Å². The smallest absolute Gasteiger partial charge is 0.335 e. The van der Waals surface area contributed by atoms with Crippen molar-refractivity contribution in [3.05, 3.63) is 12.2 Å². The van der Waals surface area contributed by atoms with Crippen molar-refractivity contribution < 1.29 is 14.3 Å². The molecule has 0 spiro atoms. The molecule has 0 aromatic carbocycles. The third kappa shape index (κ3) is 3.34. The molecule has 3 nitrogen and oxygen atoms in total. The Morgan fingerprint density at radius 1 is 1.33 bits per heavy atom. The summed E-state index contributed by atoms with van der Waals surface area (Å²) in [5.41, 5.74) is 0.430. The number of esters is 1. The molecule has 0 aliphatic heterocycles. The first kappa shape index (κ1) is 12.2. The first-order chi connectivity index (χ1) is 7.09. The van der Waals surface area contributed by atoms with Crippen molar-refractivity contribution in [2.24, 2.45) is 0 Å². The summed E-state index contributed by atoms with van der Waals surface area (Å²) in [6.45, 7) is 7.73. The number of ether oxygens (including phenoxy) is 2. The molecular formula is C12H20O3. The third-order valence-corrected chi connectivity index (χ3v) is 2.65. The summed E-state index contributed by atoms with van der Waals surface area (Å²) in [5, 5.41) is 0. The van der Waals surface area contributed by atoms with E-state index in [1.165, 1.54) is 6.42 Å². The van der Waals surface area contributed by atoms with Gasteiger partial charge in [-0.25, -0.2) is 4.79 Å². The van der Waals surface area contributed by atoms with E-state index in [0.717, 1.165) is 25.7 Å². The average Bonchev–Trinajstić information content (AvgIpc) is 2.19. The second-order valence-electron chi connectivity index (χ2n) is 4.07. The minimum absolute atomic E-state index is 0.342. The lowest BCUT2D eigenvalue weighted by Crippen LogP contribution is -2.40. The quantitative estimate of drug-likeness (QED) is 0.408. The van der Waals surface area contributed by atoms with Gasteiger partial charge in [-0.2, -0.15) is 0 Å². The Morgan fingerprint density at radius 2 is 1.93 bits per heavy atom. The maximum absolute atomic E-state index is 11.5. The fourth-order valence-corrected chi connectivity index (χ4v) is 1.89. The van der Waals surface area contributed by atoms with Gasteiger partial charge in [0.2, 0.25) is 5.79 Å². The topological polar surface area (TPSA) is 35.5 Å². The standard InChI is InChI=1S/C12H20O3/c1-4-14-12(8-6-5-7-9-12)15-11(13)10(2)3/h2,4-9H2,1,3H3. The number of carbonyl (C=O) groups is 1. The molecule has 0 bridgehead atoms. The molecule has 15 heavy (non-hydrogen) atoms. The van der Waals surface area contributed by atoms with E-state index in [1.54, 1.807) is 6.92 Å². The monoisotopic (exact) mass is 212 g/mol. The Hall–Kier alpha value is -0.830. The molecule has 1 saturated carbocycles. The van der Waals surface area contributed by atoms with Gasteiger partial charge in [-0.15, -0.1) is 0 Å². The second kappa shape index (κ2) is 5.31. The highest BCUT2D eigenvalue weighted by molar-refractivity contribution is 5.87. The predicted octanol–water partition coefficient (Wildman–Crippen LogP) is 2.80. The Bertz CT molecular complexity index is 234. The SMILES string of the molecule is C=C(C)C(=O)OC1(OCC)CCCCC1. The van der Waals surface area contributed by atoms with Crippen LogP contribution in [0.4, 0.5) is 0 Å². The van der Waals surface area contributed by atoms with E-state index in [4.69, 9.17) is 9.47 Å². The summed E-state index contributed by atoms with van der Waals surface area (Å²) in [5.74, 6) is -1.02.